The number of benzene rings is 1. The molecule has 218 valence electrons. The number of hydrogen-bond donors (Lipinski definition) is 3. The average Bonchev–Trinajstić information content (AvgIpc) is 3.82. The number of fused-ring (bicyclic) bond motifs is 1. The fourth-order valence-corrected chi connectivity index (χ4v) is 5.46. The van der Waals surface area contributed by atoms with E-state index < -0.39 is 0 Å². The molecule has 0 radical (unpaired) electrons. The van der Waals surface area contributed by atoms with Gasteiger partial charge in [-0.25, -0.2) is 15.0 Å². The Morgan fingerprint density at radius 3 is 2.40 bits per heavy atom. The van der Waals surface area contributed by atoms with E-state index in [1.807, 2.05) is 23.8 Å². The number of nitrogens with zero attached hydrogens (tertiary/aromatic N) is 5. The number of nitrogen functional groups attached to an aromatic ring is 1. The number of pyridine rings is 2. The number of hydrogen-bond acceptors (Lipinski definition) is 8. The molecule has 42 heavy (non-hydrogen) atoms. The van der Waals surface area contributed by atoms with E-state index in [1.165, 1.54) is 24.5 Å². The zero-order valence-electron chi connectivity index (χ0n) is 23.8. The molecule has 4 heterocycles. The summed E-state index contributed by atoms with van der Waals surface area (Å²) >= 11 is 0. The highest BCUT2D eigenvalue weighted by atomic mass is 16.2. The summed E-state index contributed by atoms with van der Waals surface area (Å²) in [5.41, 5.74) is 12.2. The third kappa shape index (κ3) is 6.40. The summed E-state index contributed by atoms with van der Waals surface area (Å²) < 4.78 is 2.11. The van der Waals surface area contributed by atoms with Crippen LogP contribution in [0.25, 0.3) is 28.2 Å². The number of imidazole rings is 1. The number of carbonyl (C=O) groups is 2. The van der Waals surface area contributed by atoms with Crippen LogP contribution in [0.2, 0.25) is 0 Å². The molecule has 10 nitrogen and oxygen atoms in total. The Bertz CT molecular complexity index is 1530. The Morgan fingerprint density at radius 2 is 1.69 bits per heavy atom. The molecule has 1 saturated heterocycles. The minimum absolute atomic E-state index is 0.0202. The van der Waals surface area contributed by atoms with Crippen molar-refractivity contribution in [3.05, 3.63) is 78.6 Å². The van der Waals surface area contributed by atoms with Gasteiger partial charge < -0.3 is 26.1 Å². The standard InChI is InChI=1S/C31H36N8O.CH2O/c1-2-28(40)38-18-16-33-15-13-23(20-34-17-19-38)21-7-9-24(10-8-21)39-30(25-4-3-14-35-29(25)32)37-27-12-11-26(22-5-6-22)36-31(27)39;1-2/h2-4,7-12,14,22-23,33-34H,1,5-6,13,15-20H2,(H2,32,35);1H2/t23-;/m1./s1. The van der Waals surface area contributed by atoms with E-state index >= 15 is 0 Å². The van der Waals surface area contributed by atoms with Gasteiger partial charge >= 0.3 is 0 Å². The van der Waals surface area contributed by atoms with Crippen molar-refractivity contribution in [3.63, 3.8) is 0 Å². The number of aromatic nitrogens is 4. The third-order valence-electron chi connectivity index (χ3n) is 7.89. The molecule has 0 spiro atoms. The van der Waals surface area contributed by atoms with E-state index in [-0.39, 0.29) is 5.91 Å². The van der Waals surface area contributed by atoms with Gasteiger partial charge in [-0.05, 0) is 79.8 Å². The SMILES string of the molecule is C=CC(=O)N1CCNCC[C@@H](c2ccc(-n3c(-c4cccnc4N)nc4ccc(C5CC5)nc43)cc2)CNCC1.C=O. The highest BCUT2D eigenvalue weighted by Gasteiger charge is 2.27. The largest absolute Gasteiger partial charge is 0.383 e. The number of rotatable bonds is 5. The van der Waals surface area contributed by atoms with Gasteiger partial charge in [-0.15, -0.1) is 0 Å². The van der Waals surface area contributed by atoms with Crippen LogP contribution in [0.3, 0.4) is 0 Å². The van der Waals surface area contributed by atoms with Gasteiger partial charge in [-0.1, -0.05) is 18.7 Å². The Balaban J connectivity index is 0.00000173. The van der Waals surface area contributed by atoms with E-state index in [9.17, 15) is 4.79 Å². The average molecular weight is 567 g/mol. The van der Waals surface area contributed by atoms with E-state index in [0.717, 1.165) is 66.5 Å². The minimum atomic E-state index is -0.0202. The topological polar surface area (TPSA) is 131 Å². The Morgan fingerprint density at radius 1 is 0.929 bits per heavy atom. The molecule has 10 heteroatoms. The number of amides is 1. The van der Waals surface area contributed by atoms with Crippen LogP contribution in [0.1, 0.15) is 42.4 Å². The molecule has 4 aromatic rings. The lowest BCUT2D eigenvalue weighted by molar-refractivity contribution is -0.125. The first-order chi connectivity index (χ1) is 20.6. The van der Waals surface area contributed by atoms with Gasteiger partial charge in [0, 0.05) is 56.2 Å². The van der Waals surface area contributed by atoms with E-state index in [0.29, 0.717) is 30.7 Å². The van der Waals surface area contributed by atoms with Crippen LogP contribution in [0, 0.1) is 0 Å². The van der Waals surface area contributed by atoms with Gasteiger partial charge in [-0.3, -0.25) is 9.36 Å². The van der Waals surface area contributed by atoms with E-state index in [1.54, 1.807) is 6.20 Å². The van der Waals surface area contributed by atoms with Crippen molar-refractivity contribution >= 4 is 29.7 Å². The fourth-order valence-electron chi connectivity index (χ4n) is 5.46. The van der Waals surface area contributed by atoms with Crippen molar-refractivity contribution in [2.24, 2.45) is 0 Å². The van der Waals surface area contributed by atoms with E-state index in [2.05, 4.69) is 63.2 Å². The summed E-state index contributed by atoms with van der Waals surface area (Å²) in [7, 11) is 0. The molecule has 1 saturated carbocycles. The van der Waals surface area contributed by atoms with Gasteiger partial charge in [0.15, 0.2) is 11.5 Å². The Hall–Kier alpha value is -4.41. The molecule has 1 amide bonds. The first-order valence-corrected chi connectivity index (χ1v) is 14.4. The van der Waals surface area contributed by atoms with Gasteiger partial charge in [0.1, 0.15) is 18.1 Å². The summed E-state index contributed by atoms with van der Waals surface area (Å²) in [5.74, 6) is 2.06. The fraction of sp³-hybridized carbons (Fsp3) is 0.344. The number of anilines is 1. The molecular formula is C32H38N8O2. The highest BCUT2D eigenvalue weighted by molar-refractivity contribution is 5.87. The predicted octanol–water partition coefficient (Wildman–Crippen LogP) is 3.44. The van der Waals surface area contributed by atoms with Crippen molar-refractivity contribution < 1.29 is 9.59 Å². The van der Waals surface area contributed by atoms with Crippen molar-refractivity contribution in [2.75, 3.05) is 45.0 Å². The lowest BCUT2D eigenvalue weighted by Crippen LogP contribution is -2.39. The Kier molecular flexibility index (Phi) is 9.35. The summed E-state index contributed by atoms with van der Waals surface area (Å²) in [6.45, 7) is 10.2. The molecule has 2 aliphatic rings. The summed E-state index contributed by atoms with van der Waals surface area (Å²) in [4.78, 5) is 36.3. The molecule has 1 atom stereocenters. The summed E-state index contributed by atoms with van der Waals surface area (Å²) in [6.07, 6.45) is 6.47. The molecule has 4 N–H and O–H groups in total. The smallest absolute Gasteiger partial charge is 0.246 e. The van der Waals surface area contributed by atoms with Crippen LogP contribution >= 0.6 is 0 Å². The van der Waals surface area contributed by atoms with Crippen LogP contribution in [-0.4, -0.2) is 76.4 Å². The second-order valence-electron chi connectivity index (χ2n) is 10.6. The molecule has 2 fully saturated rings. The first-order valence-electron chi connectivity index (χ1n) is 14.4. The maximum Gasteiger partial charge on any atom is 0.246 e. The van der Waals surface area contributed by atoms with Gasteiger partial charge in [0.2, 0.25) is 5.91 Å². The molecule has 1 aromatic carbocycles. The lowest BCUT2D eigenvalue weighted by Gasteiger charge is -2.21. The molecule has 6 rings (SSSR count). The highest BCUT2D eigenvalue weighted by Crippen LogP contribution is 2.40. The minimum Gasteiger partial charge on any atom is -0.383 e. The van der Waals surface area contributed by atoms with Crippen LogP contribution in [-0.2, 0) is 9.59 Å². The zero-order chi connectivity index (χ0) is 29.5. The van der Waals surface area contributed by atoms with Crippen LogP contribution in [0.15, 0.2) is 67.4 Å². The van der Waals surface area contributed by atoms with E-state index in [4.69, 9.17) is 20.5 Å². The third-order valence-corrected chi connectivity index (χ3v) is 7.89. The number of nitrogens with two attached hydrogens (primary N) is 1. The maximum atomic E-state index is 12.1. The van der Waals surface area contributed by atoms with Crippen LogP contribution < -0.4 is 16.4 Å². The predicted molar refractivity (Wildman–Crippen MR) is 165 cm³/mol. The van der Waals surface area contributed by atoms with Crippen LogP contribution in [0.5, 0.6) is 0 Å². The molecule has 0 bridgehead atoms. The number of nitrogens with one attached hydrogen (secondary N) is 2. The first kappa shape index (κ1) is 29.1. The maximum absolute atomic E-state index is 12.1. The molecular weight excluding hydrogens is 528 g/mol. The van der Waals surface area contributed by atoms with Gasteiger partial charge in [-0.2, -0.15) is 0 Å². The number of carbonyl (C=O) groups excluding carboxylic acids is 2. The van der Waals surface area contributed by atoms with Crippen molar-refractivity contribution in [2.45, 2.75) is 31.1 Å². The monoisotopic (exact) mass is 566 g/mol. The molecule has 0 unspecified atom stereocenters. The van der Waals surface area contributed by atoms with Crippen molar-refractivity contribution in [1.29, 1.82) is 0 Å². The summed E-state index contributed by atoms with van der Waals surface area (Å²) in [6, 6.07) is 16.7. The molecule has 3 aromatic heterocycles. The van der Waals surface area contributed by atoms with Gasteiger partial charge in [0.05, 0.1) is 5.56 Å². The van der Waals surface area contributed by atoms with Crippen molar-refractivity contribution in [1.82, 2.24) is 35.1 Å². The summed E-state index contributed by atoms with van der Waals surface area (Å²) in [5, 5.41) is 7.07. The lowest BCUT2D eigenvalue weighted by atomic mass is 9.95. The second kappa shape index (κ2) is 13.5. The van der Waals surface area contributed by atoms with Gasteiger partial charge in [0.25, 0.3) is 0 Å². The molecule has 1 aliphatic carbocycles. The second-order valence-corrected chi connectivity index (χ2v) is 10.6. The quantitative estimate of drug-likeness (QED) is 0.313. The Labute approximate surface area is 246 Å². The zero-order valence-corrected chi connectivity index (χ0v) is 23.8. The van der Waals surface area contributed by atoms with Crippen LogP contribution in [0.4, 0.5) is 5.82 Å². The van der Waals surface area contributed by atoms with Crippen molar-refractivity contribution in [3.8, 4) is 17.1 Å². The normalized spacial score (nSPS) is 18.0. The molecule has 1 aliphatic heterocycles.